The van der Waals surface area contributed by atoms with Gasteiger partial charge < -0.3 is 15.7 Å². The van der Waals surface area contributed by atoms with E-state index in [1.165, 1.54) is 0 Å². The molecule has 0 aromatic carbocycles. The summed E-state index contributed by atoms with van der Waals surface area (Å²) < 4.78 is 0. The number of amides is 1. The zero-order chi connectivity index (χ0) is 14.8. The number of likely N-dealkylation sites (tertiary alicyclic amines) is 1. The van der Waals surface area contributed by atoms with Crippen molar-refractivity contribution in [3.8, 4) is 0 Å². The predicted octanol–water partition coefficient (Wildman–Crippen LogP) is 1.75. The maximum atomic E-state index is 13.0. The molecule has 1 heterocycles. The summed E-state index contributed by atoms with van der Waals surface area (Å²) in [6, 6.07) is 0. The van der Waals surface area contributed by atoms with Gasteiger partial charge in [-0.25, -0.2) is 4.79 Å². The summed E-state index contributed by atoms with van der Waals surface area (Å²) in [4.78, 5) is 26.4. The van der Waals surface area contributed by atoms with Crippen LogP contribution in [0.15, 0.2) is 0 Å². The van der Waals surface area contributed by atoms with Crippen molar-refractivity contribution < 1.29 is 14.7 Å². The lowest BCUT2D eigenvalue weighted by molar-refractivity contribution is -0.161. The molecule has 0 aromatic heterocycles. The molecule has 0 aromatic rings. The van der Waals surface area contributed by atoms with Crippen molar-refractivity contribution in [1.29, 1.82) is 0 Å². The van der Waals surface area contributed by atoms with Crippen LogP contribution < -0.4 is 5.73 Å². The summed E-state index contributed by atoms with van der Waals surface area (Å²) in [7, 11) is 0. The summed E-state index contributed by atoms with van der Waals surface area (Å²) in [5, 5.41) is 9.69. The van der Waals surface area contributed by atoms with Gasteiger partial charge in [0.25, 0.3) is 0 Å². The molecule has 2 rings (SSSR count). The van der Waals surface area contributed by atoms with Crippen molar-refractivity contribution in [1.82, 2.24) is 4.90 Å². The van der Waals surface area contributed by atoms with Gasteiger partial charge in [0.15, 0.2) is 0 Å². The highest BCUT2D eigenvalue weighted by atomic mass is 16.4. The van der Waals surface area contributed by atoms with E-state index in [-0.39, 0.29) is 5.91 Å². The fourth-order valence-electron chi connectivity index (χ4n) is 4.02. The van der Waals surface area contributed by atoms with E-state index < -0.39 is 16.9 Å². The van der Waals surface area contributed by atoms with E-state index in [9.17, 15) is 14.7 Å². The van der Waals surface area contributed by atoms with Crippen LogP contribution in [0.4, 0.5) is 0 Å². The van der Waals surface area contributed by atoms with E-state index in [4.69, 9.17) is 5.73 Å². The fourth-order valence-corrected chi connectivity index (χ4v) is 4.02. The number of carbonyl (C=O) groups excluding carboxylic acids is 1. The summed E-state index contributed by atoms with van der Waals surface area (Å²) in [6.07, 6.45) is 6.30. The number of hydrogen-bond acceptors (Lipinski definition) is 3. The Morgan fingerprint density at radius 1 is 1.20 bits per heavy atom. The van der Waals surface area contributed by atoms with Crippen LogP contribution in [0.3, 0.4) is 0 Å². The third kappa shape index (κ3) is 2.22. The third-order valence-electron chi connectivity index (χ3n) is 5.20. The average Bonchev–Trinajstić information content (AvgIpc) is 3.06. The Morgan fingerprint density at radius 3 is 2.35 bits per heavy atom. The minimum Gasteiger partial charge on any atom is -0.479 e. The van der Waals surface area contributed by atoms with Crippen LogP contribution in [0.25, 0.3) is 0 Å². The lowest BCUT2D eigenvalue weighted by Gasteiger charge is -2.40. The van der Waals surface area contributed by atoms with Gasteiger partial charge in [-0.2, -0.15) is 0 Å². The summed E-state index contributed by atoms with van der Waals surface area (Å²) in [6.45, 7) is 2.87. The van der Waals surface area contributed by atoms with E-state index in [0.29, 0.717) is 25.9 Å². The summed E-state index contributed by atoms with van der Waals surface area (Å²) >= 11 is 0. The first-order valence-electron chi connectivity index (χ1n) is 7.78. The summed E-state index contributed by atoms with van der Waals surface area (Å²) in [5.74, 6) is -0.860. The van der Waals surface area contributed by atoms with Crippen LogP contribution in [-0.4, -0.2) is 40.5 Å². The topological polar surface area (TPSA) is 83.6 Å². The van der Waals surface area contributed by atoms with Crippen LogP contribution in [0.2, 0.25) is 0 Å². The van der Waals surface area contributed by atoms with Gasteiger partial charge in [0, 0.05) is 13.1 Å². The average molecular weight is 282 g/mol. The molecule has 0 spiro atoms. The van der Waals surface area contributed by atoms with Crippen LogP contribution >= 0.6 is 0 Å². The predicted molar refractivity (Wildman–Crippen MR) is 76.2 cm³/mol. The molecule has 20 heavy (non-hydrogen) atoms. The van der Waals surface area contributed by atoms with E-state index in [0.717, 1.165) is 38.5 Å². The number of carbonyl (C=O) groups is 2. The van der Waals surface area contributed by atoms with E-state index in [1.54, 1.807) is 4.90 Å². The zero-order valence-corrected chi connectivity index (χ0v) is 12.4. The molecule has 114 valence electrons. The fraction of sp³-hybridized carbons (Fsp3) is 0.867. The minimum atomic E-state index is -0.989. The minimum absolute atomic E-state index is 0.00847. The monoisotopic (exact) mass is 282 g/mol. The quantitative estimate of drug-likeness (QED) is 0.804. The maximum absolute atomic E-state index is 13.0. The molecule has 5 nitrogen and oxygen atoms in total. The van der Waals surface area contributed by atoms with E-state index in [2.05, 4.69) is 0 Å². The van der Waals surface area contributed by atoms with Gasteiger partial charge in [0.1, 0.15) is 5.54 Å². The second kappa shape index (κ2) is 5.72. The molecule has 1 saturated carbocycles. The van der Waals surface area contributed by atoms with Gasteiger partial charge in [-0.3, -0.25) is 4.79 Å². The normalized spacial score (nSPS) is 28.8. The first-order valence-corrected chi connectivity index (χ1v) is 7.78. The van der Waals surface area contributed by atoms with Crippen molar-refractivity contribution in [2.45, 2.75) is 63.8 Å². The number of hydrogen-bond donors (Lipinski definition) is 2. The molecule has 2 aliphatic rings. The lowest BCUT2D eigenvalue weighted by atomic mass is 9.82. The van der Waals surface area contributed by atoms with Crippen LogP contribution in [-0.2, 0) is 9.59 Å². The van der Waals surface area contributed by atoms with E-state index in [1.807, 2.05) is 6.92 Å². The Labute approximate surface area is 120 Å². The van der Waals surface area contributed by atoms with Gasteiger partial charge in [-0.1, -0.05) is 26.2 Å². The number of nitrogens with two attached hydrogens (primary N) is 1. The van der Waals surface area contributed by atoms with Crippen molar-refractivity contribution in [2.75, 3.05) is 13.1 Å². The van der Waals surface area contributed by atoms with Crippen LogP contribution in [0.1, 0.15) is 58.3 Å². The lowest BCUT2D eigenvalue weighted by Crippen LogP contribution is -2.58. The molecule has 5 heteroatoms. The standard InChI is InChI=1S/C15H26N2O3/c1-2-6-15(13(19)20)9-5-10-17(15)12(18)14(11-16)7-3-4-8-14/h2-11,16H2,1H3,(H,19,20). The molecule has 1 unspecified atom stereocenters. The highest BCUT2D eigenvalue weighted by Gasteiger charge is 2.54. The Balaban J connectivity index is 2.29. The zero-order valence-electron chi connectivity index (χ0n) is 12.4. The second-order valence-corrected chi connectivity index (χ2v) is 6.34. The van der Waals surface area contributed by atoms with Gasteiger partial charge in [0.2, 0.25) is 5.91 Å². The van der Waals surface area contributed by atoms with Crippen molar-refractivity contribution >= 4 is 11.9 Å². The van der Waals surface area contributed by atoms with Crippen LogP contribution in [0.5, 0.6) is 0 Å². The molecule has 1 amide bonds. The molecular formula is C15H26N2O3. The molecule has 3 N–H and O–H groups in total. The van der Waals surface area contributed by atoms with Crippen molar-refractivity contribution in [3.05, 3.63) is 0 Å². The number of nitrogens with zero attached hydrogens (tertiary/aromatic N) is 1. The van der Waals surface area contributed by atoms with Gasteiger partial charge >= 0.3 is 5.97 Å². The summed E-state index contributed by atoms with van der Waals surface area (Å²) in [5.41, 5.74) is 4.39. The van der Waals surface area contributed by atoms with Crippen LogP contribution in [0, 0.1) is 5.41 Å². The van der Waals surface area contributed by atoms with E-state index >= 15 is 0 Å². The molecule has 2 fully saturated rings. The molecule has 1 aliphatic carbocycles. The smallest absolute Gasteiger partial charge is 0.329 e. The first-order chi connectivity index (χ1) is 9.52. The van der Waals surface area contributed by atoms with Gasteiger partial charge in [0.05, 0.1) is 5.41 Å². The highest BCUT2D eigenvalue weighted by Crippen LogP contribution is 2.43. The van der Waals surface area contributed by atoms with Gasteiger partial charge in [-0.15, -0.1) is 0 Å². The largest absolute Gasteiger partial charge is 0.479 e. The Bertz CT molecular complexity index is 391. The SMILES string of the molecule is CCCC1(C(=O)O)CCCN1C(=O)C1(CN)CCCC1. The van der Waals surface area contributed by atoms with Crippen molar-refractivity contribution in [3.63, 3.8) is 0 Å². The maximum Gasteiger partial charge on any atom is 0.329 e. The molecule has 1 aliphatic heterocycles. The molecule has 0 radical (unpaired) electrons. The molecule has 0 bridgehead atoms. The molecule has 1 atom stereocenters. The highest BCUT2D eigenvalue weighted by molar-refractivity contribution is 5.91. The molecular weight excluding hydrogens is 256 g/mol. The van der Waals surface area contributed by atoms with Gasteiger partial charge in [-0.05, 0) is 32.1 Å². The molecule has 1 saturated heterocycles. The Kier molecular flexibility index (Phi) is 4.37. The first kappa shape index (κ1) is 15.3. The Morgan fingerprint density at radius 2 is 1.85 bits per heavy atom. The number of rotatable bonds is 5. The number of aliphatic carboxylic acids is 1. The third-order valence-corrected chi connectivity index (χ3v) is 5.20. The van der Waals surface area contributed by atoms with Crippen molar-refractivity contribution in [2.24, 2.45) is 11.1 Å². The number of carboxylic acid groups (broad SMARTS) is 1. The number of carboxylic acids is 1. The Hall–Kier alpha value is -1.10. The second-order valence-electron chi connectivity index (χ2n) is 6.34.